The summed E-state index contributed by atoms with van der Waals surface area (Å²) in [5, 5.41) is 4.29. The van der Waals surface area contributed by atoms with Crippen LogP contribution in [0.1, 0.15) is 28.6 Å². The summed E-state index contributed by atoms with van der Waals surface area (Å²) in [5.41, 5.74) is 6.08. The van der Waals surface area contributed by atoms with Crippen LogP contribution in [0.15, 0.2) is 33.4 Å². The fourth-order valence-corrected chi connectivity index (χ4v) is 4.90. The Morgan fingerprint density at radius 2 is 2.16 bits per heavy atom. The maximum Gasteiger partial charge on any atom is 0.0581 e. The zero-order chi connectivity index (χ0) is 13.2. The second kappa shape index (κ2) is 6.06. The molecule has 0 radical (unpaired) electrons. The van der Waals surface area contributed by atoms with Crippen molar-refractivity contribution >= 4 is 38.6 Å². The Bertz CT molecular complexity index is 519. The van der Waals surface area contributed by atoms with Crippen LogP contribution in [0, 0.1) is 0 Å². The third kappa shape index (κ3) is 3.11. The Labute approximate surface area is 130 Å². The number of thiophene rings is 2. The molecule has 5 heteroatoms. The van der Waals surface area contributed by atoms with E-state index in [-0.39, 0.29) is 0 Å². The topological polar surface area (TPSA) is 29.3 Å². The maximum absolute atomic E-state index is 6.08. The monoisotopic (exact) mass is 356 g/mol. The van der Waals surface area contributed by atoms with Crippen LogP contribution in [0.5, 0.6) is 0 Å². The largest absolute Gasteiger partial charge is 0.329 e. The van der Waals surface area contributed by atoms with E-state index in [9.17, 15) is 0 Å². The summed E-state index contributed by atoms with van der Waals surface area (Å²) in [6, 6.07) is 7.52. The molecule has 3 rings (SSSR count). The Morgan fingerprint density at radius 1 is 1.32 bits per heavy atom. The van der Waals surface area contributed by atoms with E-state index in [1.165, 1.54) is 27.1 Å². The fraction of sp³-hybridized carbons (Fsp3) is 0.429. The Kier molecular flexibility index (Phi) is 4.39. The van der Waals surface area contributed by atoms with Gasteiger partial charge in [0.2, 0.25) is 0 Å². The molecule has 2 N–H and O–H groups in total. The van der Waals surface area contributed by atoms with Gasteiger partial charge in [-0.1, -0.05) is 6.07 Å². The molecule has 0 aliphatic heterocycles. The van der Waals surface area contributed by atoms with Crippen molar-refractivity contribution in [1.29, 1.82) is 0 Å². The molecule has 2 aromatic heterocycles. The second-order valence-electron chi connectivity index (χ2n) is 4.87. The molecule has 2 aromatic rings. The lowest BCUT2D eigenvalue weighted by atomic mass is 10.2. The van der Waals surface area contributed by atoms with Crippen molar-refractivity contribution in [3.05, 3.63) is 43.2 Å². The second-order valence-corrected chi connectivity index (χ2v) is 7.70. The summed E-state index contributed by atoms with van der Waals surface area (Å²) in [7, 11) is 0. The molecule has 102 valence electrons. The van der Waals surface area contributed by atoms with Crippen molar-refractivity contribution in [2.24, 2.45) is 5.73 Å². The fourth-order valence-electron chi connectivity index (χ4n) is 2.42. The van der Waals surface area contributed by atoms with Gasteiger partial charge in [0, 0.05) is 33.4 Å². The molecule has 1 aliphatic rings. The van der Waals surface area contributed by atoms with E-state index in [2.05, 4.69) is 49.8 Å². The van der Waals surface area contributed by atoms with Crippen LogP contribution in [0.4, 0.5) is 0 Å². The highest BCUT2D eigenvalue weighted by Gasteiger charge is 2.35. The first-order valence-corrected chi connectivity index (χ1v) is 9.06. The summed E-state index contributed by atoms with van der Waals surface area (Å²) >= 11 is 7.29. The normalized spacial score (nSPS) is 17.0. The molecule has 19 heavy (non-hydrogen) atoms. The first kappa shape index (κ1) is 13.8. The number of rotatable bonds is 6. The minimum Gasteiger partial charge on any atom is -0.329 e. The highest BCUT2D eigenvalue weighted by molar-refractivity contribution is 9.10. The number of hydrogen-bond acceptors (Lipinski definition) is 4. The average molecular weight is 357 g/mol. The maximum atomic E-state index is 6.08. The molecule has 1 unspecified atom stereocenters. The highest BCUT2D eigenvalue weighted by atomic mass is 79.9. The standard InChI is InChI=1S/C14H17BrN2S2/c15-12-5-7-19-14(12)13(8-16)17(10-3-4-10)9-11-2-1-6-18-11/h1-2,5-7,10,13H,3-4,8-9,16H2. The Balaban J connectivity index is 1.83. The van der Waals surface area contributed by atoms with E-state index in [1.807, 2.05) is 11.3 Å². The van der Waals surface area contributed by atoms with Crippen LogP contribution in [-0.4, -0.2) is 17.5 Å². The SMILES string of the molecule is NCC(c1sccc1Br)N(Cc1cccs1)C1CC1. The summed E-state index contributed by atoms with van der Waals surface area (Å²) in [6.45, 7) is 1.70. The van der Waals surface area contributed by atoms with Crippen molar-refractivity contribution in [2.75, 3.05) is 6.54 Å². The van der Waals surface area contributed by atoms with E-state index >= 15 is 0 Å². The molecule has 1 saturated carbocycles. The molecule has 2 heterocycles. The predicted molar refractivity (Wildman–Crippen MR) is 86.7 cm³/mol. The van der Waals surface area contributed by atoms with Crippen LogP contribution >= 0.6 is 38.6 Å². The quantitative estimate of drug-likeness (QED) is 0.838. The minimum absolute atomic E-state index is 0.337. The van der Waals surface area contributed by atoms with Gasteiger partial charge in [-0.3, -0.25) is 4.90 Å². The zero-order valence-corrected chi connectivity index (χ0v) is 13.8. The van der Waals surface area contributed by atoms with E-state index < -0.39 is 0 Å². The van der Waals surface area contributed by atoms with Crippen molar-refractivity contribution in [3.63, 3.8) is 0 Å². The number of halogens is 1. The lowest BCUT2D eigenvalue weighted by Crippen LogP contribution is -2.34. The molecule has 1 atom stereocenters. The summed E-state index contributed by atoms with van der Waals surface area (Å²) in [4.78, 5) is 5.38. The summed E-state index contributed by atoms with van der Waals surface area (Å²) < 4.78 is 1.20. The molecule has 0 bridgehead atoms. The lowest BCUT2D eigenvalue weighted by molar-refractivity contribution is 0.186. The molecule has 0 aromatic carbocycles. The smallest absolute Gasteiger partial charge is 0.0581 e. The lowest BCUT2D eigenvalue weighted by Gasteiger charge is -2.30. The molecule has 0 amide bonds. The van der Waals surface area contributed by atoms with Gasteiger partial charge in [-0.15, -0.1) is 22.7 Å². The molecule has 1 aliphatic carbocycles. The minimum atomic E-state index is 0.337. The van der Waals surface area contributed by atoms with Crippen LogP contribution in [-0.2, 0) is 6.54 Å². The van der Waals surface area contributed by atoms with Crippen LogP contribution < -0.4 is 5.73 Å². The first-order chi connectivity index (χ1) is 9.29. The number of hydrogen-bond donors (Lipinski definition) is 1. The van der Waals surface area contributed by atoms with Gasteiger partial charge in [0.15, 0.2) is 0 Å². The molecule has 0 spiro atoms. The van der Waals surface area contributed by atoms with Crippen molar-refractivity contribution in [1.82, 2.24) is 4.90 Å². The van der Waals surface area contributed by atoms with Gasteiger partial charge in [-0.2, -0.15) is 0 Å². The van der Waals surface area contributed by atoms with Gasteiger partial charge in [0.25, 0.3) is 0 Å². The van der Waals surface area contributed by atoms with Gasteiger partial charge < -0.3 is 5.73 Å². The van der Waals surface area contributed by atoms with Gasteiger partial charge in [-0.05, 0) is 51.7 Å². The van der Waals surface area contributed by atoms with E-state index in [0.717, 1.165) is 6.54 Å². The van der Waals surface area contributed by atoms with E-state index in [1.54, 1.807) is 11.3 Å². The molecular weight excluding hydrogens is 340 g/mol. The Morgan fingerprint density at radius 3 is 2.68 bits per heavy atom. The number of nitrogens with zero attached hydrogens (tertiary/aromatic N) is 1. The van der Waals surface area contributed by atoms with Crippen LogP contribution in [0.25, 0.3) is 0 Å². The summed E-state index contributed by atoms with van der Waals surface area (Å²) in [6.07, 6.45) is 2.62. The van der Waals surface area contributed by atoms with Gasteiger partial charge in [0.1, 0.15) is 0 Å². The van der Waals surface area contributed by atoms with Gasteiger partial charge >= 0.3 is 0 Å². The third-order valence-electron chi connectivity index (χ3n) is 3.51. The highest BCUT2D eigenvalue weighted by Crippen LogP contribution is 2.39. The zero-order valence-electron chi connectivity index (χ0n) is 10.6. The number of nitrogens with two attached hydrogens (primary N) is 1. The van der Waals surface area contributed by atoms with Gasteiger partial charge in [0.05, 0.1) is 6.04 Å². The van der Waals surface area contributed by atoms with Crippen molar-refractivity contribution < 1.29 is 0 Å². The molecule has 0 saturated heterocycles. The molecule has 2 nitrogen and oxygen atoms in total. The summed E-state index contributed by atoms with van der Waals surface area (Å²) in [5.74, 6) is 0. The predicted octanol–water partition coefficient (Wildman–Crippen LogP) is 4.24. The van der Waals surface area contributed by atoms with Crippen molar-refractivity contribution in [2.45, 2.75) is 31.5 Å². The van der Waals surface area contributed by atoms with Crippen LogP contribution in [0.3, 0.4) is 0 Å². The van der Waals surface area contributed by atoms with Gasteiger partial charge in [-0.25, -0.2) is 0 Å². The van der Waals surface area contributed by atoms with E-state index in [4.69, 9.17) is 5.73 Å². The Hall–Kier alpha value is -0.200. The third-order valence-corrected chi connectivity index (χ3v) is 6.34. The first-order valence-electron chi connectivity index (χ1n) is 6.50. The molecule has 1 fully saturated rings. The van der Waals surface area contributed by atoms with Crippen molar-refractivity contribution in [3.8, 4) is 0 Å². The van der Waals surface area contributed by atoms with Crippen LogP contribution in [0.2, 0.25) is 0 Å². The van der Waals surface area contributed by atoms with E-state index in [0.29, 0.717) is 18.6 Å². The average Bonchev–Trinajstić information content (AvgIpc) is 2.97. The molecular formula is C14H17BrN2S2.